The molecule has 0 aliphatic carbocycles. The Labute approximate surface area is 144 Å². The van der Waals surface area contributed by atoms with Gasteiger partial charge in [-0.05, 0) is 36.8 Å². The molecule has 5 heteroatoms. The summed E-state index contributed by atoms with van der Waals surface area (Å²) < 4.78 is 0. The standard InChI is InChI=1S/C19H14ClN3O/c1-12-6-7-15(9-17(12)20)23-19(24)13(10-21)8-14-11-22-18-5-3-2-4-16(14)18/h2-9,11,22H,1H3,(H,23,24). The number of para-hydroxylation sites is 1. The van der Waals surface area contributed by atoms with Gasteiger partial charge in [0.15, 0.2) is 0 Å². The lowest BCUT2D eigenvalue weighted by molar-refractivity contribution is -0.112. The molecule has 0 bridgehead atoms. The van der Waals surface area contributed by atoms with Crippen LogP contribution in [0, 0.1) is 18.3 Å². The maximum Gasteiger partial charge on any atom is 0.266 e. The highest BCUT2D eigenvalue weighted by Gasteiger charge is 2.11. The Morgan fingerprint density at radius 1 is 1.29 bits per heavy atom. The number of hydrogen-bond donors (Lipinski definition) is 2. The van der Waals surface area contributed by atoms with Crippen LogP contribution in [0.25, 0.3) is 17.0 Å². The van der Waals surface area contributed by atoms with Crippen molar-refractivity contribution in [3.8, 4) is 6.07 Å². The first-order valence-electron chi connectivity index (χ1n) is 7.34. The molecule has 0 spiro atoms. The van der Waals surface area contributed by atoms with Gasteiger partial charge >= 0.3 is 0 Å². The van der Waals surface area contributed by atoms with Gasteiger partial charge in [-0.15, -0.1) is 0 Å². The number of H-pyrrole nitrogens is 1. The number of nitrogens with one attached hydrogen (secondary N) is 2. The molecule has 4 nitrogen and oxygen atoms in total. The topological polar surface area (TPSA) is 68.7 Å². The lowest BCUT2D eigenvalue weighted by Crippen LogP contribution is -2.13. The zero-order chi connectivity index (χ0) is 17.1. The molecule has 0 aliphatic rings. The third-order valence-electron chi connectivity index (χ3n) is 3.72. The van der Waals surface area contributed by atoms with Crippen LogP contribution in [0.2, 0.25) is 5.02 Å². The molecule has 1 heterocycles. The van der Waals surface area contributed by atoms with Crippen molar-refractivity contribution in [1.29, 1.82) is 5.26 Å². The van der Waals surface area contributed by atoms with Crippen molar-refractivity contribution in [1.82, 2.24) is 4.98 Å². The van der Waals surface area contributed by atoms with Crippen molar-refractivity contribution in [2.75, 3.05) is 5.32 Å². The number of rotatable bonds is 3. The molecule has 0 saturated carbocycles. The van der Waals surface area contributed by atoms with Crippen molar-refractivity contribution in [3.05, 3.63) is 70.4 Å². The molecule has 0 atom stereocenters. The van der Waals surface area contributed by atoms with Gasteiger partial charge in [-0.2, -0.15) is 5.26 Å². The Morgan fingerprint density at radius 3 is 2.83 bits per heavy atom. The second-order valence-electron chi connectivity index (χ2n) is 5.38. The third-order valence-corrected chi connectivity index (χ3v) is 4.12. The number of anilines is 1. The molecule has 24 heavy (non-hydrogen) atoms. The number of aromatic amines is 1. The number of carbonyl (C=O) groups excluding carboxylic acids is 1. The number of nitriles is 1. The van der Waals surface area contributed by atoms with Crippen LogP contribution >= 0.6 is 11.6 Å². The number of fused-ring (bicyclic) bond motifs is 1. The second-order valence-corrected chi connectivity index (χ2v) is 5.78. The predicted molar refractivity (Wildman–Crippen MR) is 96.7 cm³/mol. The SMILES string of the molecule is Cc1ccc(NC(=O)C(C#N)=Cc2c[nH]c3ccccc23)cc1Cl. The van der Waals surface area contributed by atoms with E-state index in [1.165, 1.54) is 0 Å². The van der Waals surface area contributed by atoms with Crippen LogP contribution < -0.4 is 5.32 Å². The largest absolute Gasteiger partial charge is 0.361 e. The highest BCUT2D eigenvalue weighted by molar-refractivity contribution is 6.31. The predicted octanol–water partition coefficient (Wildman–Crippen LogP) is 4.68. The van der Waals surface area contributed by atoms with E-state index in [1.807, 2.05) is 43.3 Å². The van der Waals surface area contributed by atoms with Gasteiger partial charge in [-0.3, -0.25) is 4.79 Å². The first-order chi connectivity index (χ1) is 11.6. The Kier molecular flexibility index (Phi) is 4.37. The van der Waals surface area contributed by atoms with Gasteiger partial charge in [0.1, 0.15) is 11.6 Å². The number of hydrogen-bond acceptors (Lipinski definition) is 2. The molecule has 0 fully saturated rings. The summed E-state index contributed by atoms with van der Waals surface area (Å²) in [6, 6.07) is 14.9. The van der Waals surface area contributed by atoms with Gasteiger partial charge in [0, 0.05) is 33.4 Å². The Bertz CT molecular complexity index is 995. The summed E-state index contributed by atoms with van der Waals surface area (Å²) in [7, 11) is 0. The molecular weight excluding hydrogens is 322 g/mol. The molecule has 2 aromatic carbocycles. The number of aromatic nitrogens is 1. The van der Waals surface area contributed by atoms with Crippen LogP contribution in [-0.4, -0.2) is 10.9 Å². The second kappa shape index (κ2) is 6.61. The number of aryl methyl sites for hydroxylation is 1. The maximum absolute atomic E-state index is 12.3. The van der Waals surface area contributed by atoms with Crippen molar-refractivity contribution in [2.24, 2.45) is 0 Å². The minimum absolute atomic E-state index is 0.0245. The molecule has 0 aliphatic heterocycles. The number of halogens is 1. The Hall–Kier alpha value is -3.03. The van der Waals surface area contributed by atoms with Gasteiger partial charge < -0.3 is 10.3 Å². The molecule has 3 aromatic rings. The molecule has 1 aromatic heterocycles. The van der Waals surface area contributed by atoms with Gasteiger partial charge in [-0.25, -0.2) is 0 Å². The van der Waals surface area contributed by atoms with E-state index in [0.717, 1.165) is 22.0 Å². The van der Waals surface area contributed by atoms with E-state index >= 15 is 0 Å². The Balaban J connectivity index is 1.89. The lowest BCUT2D eigenvalue weighted by atomic mass is 10.1. The first kappa shape index (κ1) is 15.9. The van der Waals surface area contributed by atoms with E-state index in [4.69, 9.17) is 11.6 Å². The fourth-order valence-corrected chi connectivity index (χ4v) is 2.57. The first-order valence-corrected chi connectivity index (χ1v) is 7.71. The highest BCUT2D eigenvalue weighted by atomic mass is 35.5. The lowest BCUT2D eigenvalue weighted by Gasteiger charge is -2.06. The van der Waals surface area contributed by atoms with Crippen LogP contribution in [0.15, 0.2) is 54.2 Å². The zero-order valence-electron chi connectivity index (χ0n) is 12.9. The van der Waals surface area contributed by atoms with Crippen molar-refractivity contribution in [3.63, 3.8) is 0 Å². The monoisotopic (exact) mass is 335 g/mol. The average Bonchev–Trinajstić information content (AvgIpc) is 2.99. The molecule has 3 rings (SSSR count). The molecule has 0 unspecified atom stereocenters. The van der Waals surface area contributed by atoms with Crippen LogP contribution in [0.3, 0.4) is 0 Å². The minimum Gasteiger partial charge on any atom is -0.361 e. The van der Waals surface area contributed by atoms with Crippen LogP contribution in [0.4, 0.5) is 5.69 Å². The fraction of sp³-hybridized carbons (Fsp3) is 0.0526. The molecule has 0 saturated heterocycles. The molecule has 1 amide bonds. The van der Waals surface area contributed by atoms with E-state index < -0.39 is 5.91 Å². The Morgan fingerprint density at radius 2 is 2.08 bits per heavy atom. The summed E-state index contributed by atoms with van der Waals surface area (Å²) in [6.45, 7) is 1.88. The van der Waals surface area contributed by atoms with Gasteiger partial charge in [-0.1, -0.05) is 35.9 Å². The number of benzene rings is 2. The summed E-state index contributed by atoms with van der Waals surface area (Å²) in [5.41, 5.74) is 3.24. The molecule has 0 radical (unpaired) electrons. The van der Waals surface area contributed by atoms with Gasteiger partial charge in [0.2, 0.25) is 0 Å². The van der Waals surface area contributed by atoms with Crippen molar-refractivity contribution >= 4 is 40.2 Å². The van der Waals surface area contributed by atoms with E-state index in [0.29, 0.717) is 10.7 Å². The van der Waals surface area contributed by atoms with E-state index in [2.05, 4.69) is 10.3 Å². The number of nitrogens with zero attached hydrogens (tertiary/aromatic N) is 1. The minimum atomic E-state index is -0.470. The number of amides is 1. The highest BCUT2D eigenvalue weighted by Crippen LogP contribution is 2.22. The van der Waals surface area contributed by atoms with Crippen LogP contribution in [-0.2, 0) is 4.79 Å². The smallest absolute Gasteiger partial charge is 0.266 e. The quantitative estimate of drug-likeness (QED) is 0.539. The van der Waals surface area contributed by atoms with E-state index in [9.17, 15) is 10.1 Å². The van der Waals surface area contributed by atoms with Gasteiger partial charge in [0.05, 0.1) is 0 Å². The van der Waals surface area contributed by atoms with E-state index in [1.54, 1.807) is 24.4 Å². The van der Waals surface area contributed by atoms with Gasteiger partial charge in [0.25, 0.3) is 5.91 Å². The van der Waals surface area contributed by atoms with Crippen LogP contribution in [0.1, 0.15) is 11.1 Å². The normalized spacial score (nSPS) is 11.3. The fourth-order valence-electron chi connectivity index (χ4n) is 2.39. The van der Waals surface area contributed by atoms with E-state index in [-0.39, 0.29) is 5.57 Å². The summed E-state index contributed by atoms with van der Waals surface area (Å²) >= 11 is 6.06. The summed E-state index contributed by atoms with van der Waals surface area (Å²) in [5.74, 6) is -0.470. The van der Waals surface area contributed by atoms with Crippen molar-refractivity contribution < 1.29 is 4.79 Å². The molecular formula is C19H14ClN3O. The van der Waals surface area contributed by atoms with Crippen LogP contribution in [0.5, 0.6) is 0 Å². The molecule has 2 N–H and O–H groups in total. The third kappa shape index (κ3) is 3.17. The van der Waals surface area contributed by atoms with Crippen molar-refractivity contribution in [2.45, 2.75) is 6.92 Å². The summed E-state index contributed by atoms with van der Waals surface area (Å²) in [5, 5.41) is 13.5. The zero-order valence-corrected chi connectivity index (χ0v) is 13.7. The summed E-state index contributed by atoms with van der Waals surface area (Å²) in [4.78, 5) is 15.5. The molecule has 118 valence electrons. The number of carbonyl (C=O) groups is 1. The summed E-state index contributed by atoms with van der Waals surface area (Å²) in [6.07, 6.45) is 3.35. The average molecular weight is 336 g/mol. The maximum atomic E-state index is 12.3.